The summed E-state index contributed by atoms with van der Waals surface area (Å²) in [5.41, 5.74) is 4.28. The van der Waals surface area contributed by atoms with Crippen LogP contribution < -0.4 is 10.9 Å². The minimum atomic E-state index is -0.225. The highest BCUT2D eigenvalue weighted by Gasteiger charge is 2.22. The highest BCUT2D eigenvalue weighted by atomic mass is 16.4. The fraction of sp³-hybridized carbons (Fsp3) is 0.276. The molecule has 0 bridgehead atoms. The Kier molecular flexibility index (Phi) is 6.22. The van der Waals surface area contributed by atoms with Crippen LogP contribution in [0.1, 0.15) is 24.1 Å². The van der Waals surface area contributed by atoms with E-state index in [1.54, 1.807) is 0 Å². The van der Waals surface area contributed by atoms with E-state index in [1.807, 2.05) is 60.8 Å². The smallest absolute Gasteiger partial charge is 0.339 e. The Morgan fingerprint density at radius 2 is 1.78 bits per heavy atom. The molecule has 7 nitrogen and oxygen atoms in total. The van der Waals surface area contributed by atoms with Crippen LogP contribution in [0.4, 0.5) is 5.95 Å². The molecule has 36 heavy (non-hydrogen) atoms. The Balaban J connectivity index is 1.10. The van der Waals surface area contributed by atoms with Crippen molar-refractivity contribution in [2.45, 2.75) is 31.8 Å². The minimum Gasteiger partial charge on any atom is -0.423 e. The molecule has 1 N–H and O–H groups in total. The van der Waals surface area contributed by atoms with Crippen LogP contribution >= 0.6 is 0 Å². The molecule has 6 rings (SSSR count). The molecule has 2 aromatic carbocycles. The number of hydrogen-bond acceptors (Lipinski definition) is 6. The third-order valence-corrected chi connectivity index (χ3v) is 7.03. The van der Waals surface area contributed by atoms with E-state index in [9.17, 15) is 4.79 Å². The lowest BCUT2D eigenvalue weighted by molar-refractivity contribution is 0.220. The number of likely N-dealkylation sites (tertiary alicyclic amines) is 1. The van der Waals surface area contributed by atoms with Crippen LogP contribution in [-0.4, -0.2) is 45.1 Å². The molecule has 0 unspecified atom stereocenters. The molecular formula is C29H29N5O2. The predicted molar refractivity (Wildman–Crippen MR) is 142 cm³/mol. The van der Waals surface area contributed by atoms with Gasteiger partial charge in [0.2, 0.25) is 5.95 Å². The van der Waals surface area contributed by atoms with Gasteiger partial charge in [-0.25, -0.2) is 9.78 Å². The number of piperidine rings is 1. The van der Waals surface area contributed by atoms with Gasteiger partial charge in [0, 0.05) is 42.8 Å². The van der Waals surface area contributed by atoms with Gasteiger partial charge in [-0.1, -0.05) is 36.4 Å². The first-order valence-corrected chi connectivity index (χ1v) is 12.6. The van der Waals surface area contributed by atoms with Crippen LogP contribution in [0.25, 0.3) is 22.0 Å². The number of pyridine rings is 1. The number of rotatable bonds is 7. The second-order valence-electron chi connectivity index (χ2n) is 9.44. The van der Waals surface area contributed by atoms with Crippen molar-refractivity contribution in [1.82, 2.24) is 19.4 Å². The number of para-hydroxylation sites is 3. The van der Waals surface area contributed by atoms with Gasteiger partial charge in [-0.05, 0) is 55.7 Å². The molecule has 1 saturated heterocycles. The maximum Gasteiger partial charge on any atom is 0.339 e. The fourth-order valence-electron chi connectivity index (χ4n) is 5.04. The zero-order valence-electron chi connectivity index (χ0n) is 20.1. The standard InChI is InChI=1S/C29H29N5O2/c35-28-22(19-21-7-1-4-11-27(21)36-28)12-16-33-17-13-23(14-18-33)31-29-32-25-9-2-3-10-26(25)34(29)20-24-8-5-6-15-30-24/h1-11,15,19,23H,12-14,16-18,20H2,(H,31,32). The molecule has 0 atom stereocenters. The molecule has 1 aliphatic heterocycles. The summed E-state index contributed by atoms with van der Waals surface area (Å²) in [6, 6.07) is 24.3. The Labute approximate surface area is 209 Å². The second-order valence-corrected chi connectivity index (χ2v) is 9.44. The molecule has 0 saturated carbocycles. The van der Waals surface area contributed by atoms with Crippen molar-refractivity contribution in [3.63, 3.8) is 0 Å². The van der Waals surface area contributed by atoms with Crippen molar-refractivity contribution in [3.8, 4) is 0 Å². The van der Waals surface area contributed by atoms with Crippen molar-refractivity contribution >= 4 is 28.0 Å². The van der Waals surface area contributed by atoms with E-state index in [1.165, 1.54) is 0 Å². The van der Waals surface area contributed by atoms with E-state index in [0.29, 0.717) is 24.6 Å². The number of imidazole rings is 1. The molecule has 4 heterocycles. The number of nitrogens with one attached hydrogen (secondary N) is 1. The first-order chi connectivity index (χ1) is 17.7. The normalized spacial score (nSPS) is 15.0. The van der Waals surface area contributed by atoms with Crippen LogP contribution in [-0.2, 0) is 13.0 Å². The van der Waals surface area contributed by atoms with E-state index < -0.39 is 0 Å². The Bertz CT molecular complexity index is 1530. The molecule has 1 fully saturated rings. The number of nitrogens with zero attached hydrogens (tertiary/aromatic N) is 4. The van der Waals surface area contributed by atoms with Gasteiger partial charge in [-0.3, -0.25) is 4.98 Å². The van der Waals surface area contributed by atoms with Gasteiger partial charge in [0.15, 0.2) is 0 Å². The minimum absolute atomic E-state index is 0.225. The number of benzene rings is 2. The number of anilines is 1. The van der Waals surface area contributed by atoms with Gasteiger partial charge < -0.3 is 19.2 Å². The highest BCUT2D eigenvalue weighted by Crippen LogP contribution is 2.23. The first kappa shape index (κ1) is 22.5. The van der Waals surface area contributed by atoms with Crippen molar-refractivity contribution in [3.05, 3.63) is 101 Å². The highest BCUT2D eigenvalue weighted by molar-refractivity contribution is 5.79. The molecule has 0 radical (unpaired) electrons. The fourth-order valence-corrected chi connectivity index (χ4v) is 5.04. The quantitative estimate of drug-likeness (QED) is 0.341. The van der Waals surface area contributed by atoms with Gasteiger partial charge in [0.1, 0.15) is 5.58 Å². The van der Waals surface area contributed by atoms with Gasteiger partial charge in [-0.2, -0.15) is 0 Å². The number of hydrogen-bond donors (Lipinski definition) is 1. The van der Waals surface area contributed by atoms with Crippen molar-refractivity contribution in [2.24, 2.45) is 0 Å². The molecular weight excluding hydrogens is 450 g/mol. The Morgan fingerprint density at radius 3 is 2.64 bits per heavy atom. The lowest BCUT2D eigenvalue weighted by atomic mass is 10.0. The number of aromatic nitrogens is 3. The van der Waals surface area contributed by atoms with Crippen LogP contribution in [0.5, 0.6) is 0 Å². The van der Waals surface area contributed by atoms with E-state index in [0.717, 1.165) is 66.1 Å². The van der Waals surface area contributed by atoms with E-state index in [4.69, 9.17) is 9.40 Å². The summed E-state index contributed by atoms with van der Waals surface area (Å²) in [6.07, 6.45) is 4.59. The molecule has 182 valence electrons. The lowest BCUT2D eigenvalue weighted by Crippen LogP contribution is -2.40. The zero-order valence-corrected chi connectivity index (χ0v) is 20.1. The second kappa shape index (κ2) is 9.95. The summed E-state index contributed by atoms with van der Waals surface area (Å²) in [5, 5.41) is 4.69. The topological polar surface area (TPSA) is 76.2 Å². The average Bonchev–Trinajstić information content (AvgIpc) is 3.25. The molecule has 0 amide bonds. The monoisotopic (exact) mass is 479 g/mol. The summed E-state index contributed by atoms with van der Waals surface area (Å²) >= 11 is 0. The summed E-state index contributed by atoms with van der Waals surface area (Å²) in [4.78, 5) is 24.2. The van der Waals surface area contributed by atoms with Crippen LogP contribution in [0.2, 0.25) is 0 Å². The Hall–Kier alpha value is -3.97. The first-order valence-electron chi connectivity index (χ1n) is 12.6. The van der Waals surface area contributed by atoms with Gasteiger partial charge in [0.05, 0.1) is 23.3 Å². The zero-order chi connectivity index (χ0) is 24.3. The van der Waals surface area contributed by atoms with E-state index in [2.05, 4.69) is 38.0 Å². The van der Waals surface area contributed by atoms with Crippen LogP contribution in [0, 0.1) is 0 Å². The third kappa shape index (κ3) is 4.75. The molecule has 7 heteroatoms. The molecule has 0 aliphatic carbocycles. The van der Waals surface area contributed by atoms with Crippen LogP contribution in [0.15, 0.2) is 88.2 Å². The van der Waals surface area contributed by atoms with E-state index in [-0.39, 0.29) is 5.63 Å². The van der Waals surface area contributed by atoms with Gasteiger partial charge in [-0.15, -0.1) is 0 Å². The molecule has 5 aromatic rings. The predicted octanol–water partition coefficient (Wildman–Crippen LogP) is 4.71. The maximum atomic E-state index is 12.4. The van der Waals surface area contributed by atoms with Crippen molar-refractivity contribution in [1.29, 1.82) is 0 Å². The Morgan fingerprint density at radius 1 is 0.972 bits per heavy atom. The lowest BCUT2D eigenvalue weighted by Gasteiger charge is -2.32. The molecule has 3 aromatic heterocycles. The largest absolute Gasteiger partial charge is 0.423 e. The van der Waals surface area contributed by atoms with Crippen molar-refractivity contribution < 1.29 is 4.42 Å². The summed E-state index contributed by atoms with van der Waals surface area (Å²) in [6.45, 7) is 3.50. The SMILES string of the molecule is O=c1oc2ccccc2cc1CCN1CCC(Nc2nc3ccccc3n2Cc2ccccn2)CC1. The summed E-state index contributed by atoms with van der Waals surface area (Å²) < 4.78 is 7.72. The molecule has 0 spiro atoms. The number of fused-ring (bicyclic) bond motifs is 2. The van der Waals surface area contributed by atoms with Gasteiger partial charge >= 0.3 is 5.63 Å². The third-order valence-electron chi connectivity index (χ3n) is 7.03. The van der Waals surface area contributed by atoms with Gasteiger partial charge in [0.25, 0.3) is 0 Å². The average molecular weight is 480 g/mol. The van der Waals surface area contributed by atoms with Crippen molar-refractivity contribution in [2.75, 3.05) is 25.0 Å². The van der Waals surface area contributed by atoms with Crippen LogP contribution in [0.3, 0.4) is 0 Å². The summed E-state index contributed by atoms with van der Waals surface area (Å²) in [7, 11) is 0. The molecule has 1 aliphatic rings. The summed E-state index contributed by atoms with van der Waals surface area (Å²) in [5.74, 6) is 0.897. The maximum absolute atomic E-state index is 12.4. The van der Waals surface area contributed by atoms with E-state index >= 15 is 0 Å².